The van der Waals surface area contributed by atoms with Crippen molar-refractivity contribution in [2.75, 3.05) is 0 Å². The Kier molecular flexibility index (Phi) is 4.16. The summed E-state index contributed by atoms with van der Waals surface area (Å²) >= 11 is 3.34. The molecule has 0 aliphatic rings. The Labute approximate surface area is 119 Å². The van der Waals surface area contributed by atoms with Crippen molar-refractivity contribution < 1.29 is 9.21 Å². The van der Waals surface area contributed by atoms with E-state index >= 15 is 0 Å². The Morgan fingerprint density at radius 3 is 2.74 bits per heavy atom. The number of rotatable bonds is 3. The van der Waals surface area contributed by atoms with E-state index in [0.717, 1.165) is 15.8 Å². The van der Waals surface area contributed by atoms with Crippen molar-refractivity contribution in [1.29, 1.82) is 0 Å². The van der Waals surface area contributed by atoms with E-state index in [9.17, 15) is 4.79 Å². The van der Waals surface area contributed by atoms with Gasteiger partial charge in [-0.2, -0.15) is 5.10 Å². The van der Waals surface area contributed by atoms with Gasteiger partial charge in [0.05, 0.1) is 10.7 Å². The summed E-state index contributed by atoms with van der Waals surface area (Å²) in [7, 11) is 0. The first-order chi connectivity index (χ1) is 9.08. The fourth-order valence-corrected chi connectivity index (χ4v) is 1.89. The van der Waals surface area contributed by atoms with Gasteiger partial charge in [0.1, 0.15) is 11.5 Å². The average molecular weight is 321 g/mol. The van der Waals surface area contributed by atoms with Crippen LogP contribution in [-0.2, 0) is 0 Å². The Hall–Kier alpha value is -1.88. The molecule has 0 saturated carbocycles. The van der Waals surface area contributed by atoms with Crippen molar-refractivity contribution in [3.8, 4) is 0 Å². The molecule has 1 amide bonds. The van der Waals surface area contributed by atoms with Crippen LogP contribution >= 0.6 is 15.9 Å². The van der Waals surface area contributed by atoms with Crippen LogP contribution in [0.25, 0.3) is 0 Å². The zero-order valence-electron chi connectivity index (χ0n) is 10.6. The largest absolute Gasteiger partial charge is 0.459 e. The van der Waals surface area contributed by atoms with E-state index in [-0.39, 0.29) is 5.91 Å². The second-order valence-corrected chi connectivity index (χ2v) is 4.92. The predicted molar refractivity (Wildman–Crippen MR) is 77.4 cm³/mol. The summed E-state index contributed by atoms with van der Waals surface area (Å²) in [6, 6.07) is 9.13. The van der Waals surface area contributed by atoms with Gasteiger partial charge in [-0.25, -0.2) is 5.43 Å². The molecule has 1 heterocycles. The van der Waals surface area contributed by atoms with Crippen LogP contribution in [0.15, 0.2) is 44.3 Å². The zero-order valence-corrected chi connectivity index (χ0v) is 12.2. The second kappa shape index (κ2) is 5.84. The molecule has 98 valence electrons. The second-order valence-electron chi connectivity index (χ2n) is 4.07. The van der Waals surface area contributed by atoms with Gasteiger partial charge in [0.25, 0.3) is 5.91 Å². The average Bonchev–Trinajstić information content (AvgIpc) is 2.69. The number of halogens is 1. The van der Waals surface area contributed by atoms with E-state index in [1.165, 1.54) is 6.21 Å². The van der Waals surface area contributed by atoms with E-state index in [1.54, 1.807) is 12.1 Å². The topological polar surface area (TPSA) is 54.6 Å². The maximum Gasteiger partial charge on any atom is 0.271 e. The highest BCUT2D eigenvalue weighted by molar-refractivity contribution is 9.10. The number of nitrogens with one attached hydrogen (secondary N) is 1. The number of amides is 1. The van der Waals surface area contributed by atoms with Gasteiger partial charge in [0.2, 0.25) is 0 Å². The summed E-state index contributed by atoms with van der Waals surface area (Å²) in [6.07, 6.45) is 1.47. The first-order valence-corrected chi connectivity index (χ1v) is 6.52. The number of nitrogens with zero attached hydrogens (tertiary/aromatic N) is 1. The lowest BCUT2D eigenvalue weighted by molar-refractivity contribution is 0.0954. The van der Waals surface area contributed by atoms with Crippen LogP contribution in [0, 0.1) is 13.8 Å². The highest BCUT2D eigenvalue weighted by atomic mass is 79.9. The van der Waals surface area contributed by atoms with Gasteiger partial charge in [-0.1, -0.05) is 18.2 Å². The normalized spacial score (nSPS) is 10.9. The first kappa shape index (κ1) is 13.5. The Balaban J connectivity index is 2.03. The molecule has 1 aromatic heterocycles. The number of hydrogen-bond acceptors (Lipinski definition) is 3. The molecule has 2 aromatic rings. The summed E-state index contributed by atoms with van der Waals surface area (Å²) in [5.74, 6) is 1.11. The number of hydrazone groups is 1. The number of aryl methyl sites for hydroxylation is 2. The van der Waals surface area contributed by atoms with Crippen molar-refractivity contribution in [2.24, 2.45) is 5.10 Å². The first-order valence-electron chi connectivity index (χ1n) is 5.73. The maximum atomic E-state index is 11.9. The molecular formula is C14H13BrN2O2. The molecular weight excluding hydrogens is 308 g/mol. The van der Waals surface area contributed by atoms with Crippen molar-refractivity contribution in [1.82, 2.24) is 5.43 Å². The molecule has 1 aromatic carbocycles. The fraction of sp³-hybridized carbons (Fsp3) is 0.143. The standard InChI is InChI=1S/C14H13BrN2O2/c1-9-5-3-4-6-12(9)14(18)17-16-8-11-7-13(15)10(2)19-11/h3-8H,1-2H3,(H,17,18)/b16-8-. The SMILES string of the molecule is Cc1ccccc1C(=O)N/N=C\c1cc(Br)c(C)o1. The van der Waals surface area contributed by atoms with Crippen LogP contribution in [0.1, 0.15) is 27.4 Å². The molecule has 0 spiro atoms. The third-order valence-electron chi connectivity index (χ3n) is 2.62. The molecule has 0 atom stereocenters. The summed E-state index contributed by atoms with van der Waals surface area (Å²) in [6.45, 7) is 3.72. The summed E-state index contributed by atoms with van der Waals surface area (Å²) in [5, 5.41) is 3.87. The summed E-state index contributed by atoms with van der Waals surface area (Å²) in [4.78, 5) is 11.9. The number of furan rings is 1. The van der Waals surface area contributed by atoms with Gasteiger partial charge in [-0.05, 0) is 41.4 Å². The van der Waals surface area contributed by atoms with E-state index in [1.807, 2.05) is 32.0 Å². The molecule has 0 aliphatic heterocycles. The van der Waals surface area contributed by atoms with Gasteiger partial charge in [0.15, 0.2) is 0 Å². The quantitative estimate of drug-likeness (QED) is 0.696. The molecule has 5 heteroatoms. The Morgan fingerprint density at radius 2 is 2.11 bits per heavy atom. The number of carbonyl (C=O) groups excluding carboxylic acids is 1. The summed E-state index contributed by atoms with van der Waals surface area (Å²) < 4.78 is 6.25. The molecule has 0 unspecified atom stereocenters. The molecule has 4 nitrogen and oxygen atoms in total. The minimum atomic E-state index is -0.239. The smallest absolute Gasteiger partial charge is 0.271 e. The minimum Gasteiger partial charge on any atom is -0.459 e. The van der Waals surface area contributed by atoms with Crippen LogP contribution in [0.5, 0.6) is 0 Å². The van der Waals surface area contributed by atoms with E-state index in [0.29, 0.717) is 11.3 Å². The third kappa shape index (κ3) is 3.32. The lowest BCUT2D eigenvalue weighted by Crippen LogP contribution is -2.18. The minimum absolute atomic E-state index is 0.239. The predicted octanol–water partition coefficient (Wildman–Crippen LogP) is 3.42. The lowest BCUT2D eigenvalue weighted by atomic mass is 10.1. The van der Waals surface area contributed by atoms with Crippen LogP contribution in [-0.4, -0.2) is 12.1 Å². The molecule has 0 aliphatic carbocycles. The zero-order chi connectivity index (χ0) is 13.8. The van der Waals surface area contributed by atoms with E-state index < -0.39 is 0 Å². The van der Waals surface area contributed by atoms with Gasteiger partial charge >= 0.3 is 0 Å². The van der Waals surface area contributed by atoms with E-state index in [4.69, 9.17) is 4.42 Å². The van der Waals surface area contributed by atoms with Crippen LogP contribution in [0.3, 0.4) is 0 Å². The number of carbonyl (C=O) groups is 1. The van der Waals surface area contributed by atoms with Gasteiger partial charge in [0, 0.05) is 11.6 Å². The summed E-state index contributed by atoms with van der Waals surface area (Å²) in [5.41, 5.74) is 3.99. The molecule has 19 heavy (non-hydrogen) atoms. The lowest BCUT2D eigenvalue weighted by Gasteiger charge is -2.02. The van der Waals surface area contributed by atoms with Gasteiger partial charge in [-0.3, -0.25) is 4.79 Å². The molecule has 0 radical (unpaired) electrons. The third-order valence-corrected chi connectivity index (χ3v) is 3.41. The monoisotopic (exact) mass is 320 g/mol. The van der Waals surface area contributed by atoms with Crippen molar-refractivity contribution in [3.05, 3.63) is 57.5 Å². The van der Waals surface area contributed by atoms with Crippen molar-refractivity contribution >= 4 is 28.1 Å². The molecule has 0 bridgehead atoms. The van der Waals surface area contributed by atoms with E-state index in [2.05, 4.69) is 26.5 Å². The maximum absolute atomic E-state index is 11.9. The molecule has 0 fully saturated rings. The fourth-order valence-electron chi connectivity index (χ4n) is 1.59. The van der Waals surface area contributed by atoms with Gasteiger partial charge in [-0.15, -0.1) is 0 Å². The Morgan fingerprint density at radius 1 is 1.37 bits per heavy atom. The Bertz CT molecular complexity index is 613. The van der Waals surface area contributed by atoms with Crippen molar-refractivity contribution in [3.63, 3.8) is 0 Å². The van der Waals surface area contributed by atoms with Crippen LogP contribution in [0.2, 0.25) is 0 Å². The number of benzene rings is 1. The molecule has 2 rings (SSSR count). The number of hydrogen-bond donors (Lipinski definition) is 1. The highest BCUT2D eigenvalue weighted by Gasteiger charge is 2.06. The van der Waals surface area contributed by atoms with Crippen LogP contribution in [0.4, 0.5) is 0 Å². The van der Waals surface area contributed by atoms with Crippen LogP contribution < -0.4 is 5.43 Å². The molecule has 1 N–H and O–H groups in total. The van der Waals surface area contributed by atoms with Crippen molar-refractivity contribution in [2.45, 2.75) is 13.8 Å². The molecule has 0 saturated heterocycles. The highest BCUT2D eigenvalue weighted by Crippen LogP contribution is 2.19. The van der Waals surface area contributed by atoms with Gasteiger partial charge < -0.3 is 4.42 Å².